The highest BCUT2D eigenvalue weighted by molar-refractivity contribution is 7.80. The van der Waals surface area contributed by atoms with E-state index in [4.69, 9.17) is 21.7 Å². The lowest BCUT2D eigenvalue weighted by molar-refractivity contribution is 0.327. The van der Waals surface area contributed by atoms with Gasteiger partial charge in [0.05, 0.1) is 25.9 Å². The second-order valence-electron chi connectivity index (χ2n) is 7.66. The Labute approximate surface area is 193 Å². The van der Waals surface area contributed by atoms with Crippen LogP contribution in [0.3, 0.4) is 0 Å². The monoisotopic (exact) mass is 454 g/mol. The van der Waals surface area contributed by atoms with E-state index in [0.717, 1.165) is 28.9 Å². The van der Waals surface area contributed by atoms with Crippen LogP contribution in [0.25, 0.3) is 10.9 Å². The minimum atomic E-state index is -0.128. The van der Waals surface area contributed by atoms with Crippen LogP contribution in [0.4, 0.5) is 5.69 Å². The maximum absolute atomic E-state index is 12.8. The van der Waals surface area contributed by atoms with Crippen LogP contribution in [-0.4, -0.2) is 60.8 Å². The number of rotatable bonds is 9. The number of hydrogen-bond donors (Lipinski definition) is 2. The van der Waals surface area contributed by atoms with Crippen LogP contribution in [0.1, 0.15) is 12.5 Å². The number of nitrogens with one attached hydrogen (secondary N) is 2. The lowest BCUT2D eigenvalue weighted by Crippen LogP contribution is -2.40. The Kier molecular flexibility index (Phi) is 8.08. The standard InChI is InChI=1S/C24H30N4O3S/c1-5-31-19-10-11-20-17(15-19)14-18(23(29)25-20)16-28(13-12-27(2)3)24(32)26-21-8-6-7-9-22(21)30-4/h6-11,14-15H,5,12-13,16H2,1-4H3,(H,25,29)(H,26,32). The van der Waals surface area contributed by atoms with Gasteiger partial charge in [-0.25, -0.2) is 0 Å². The van der Waals surface area contributed by atoms with Crippen molar-refractivity contribution in [1.82, 2.24) is 14.8 Å². The van der Waals surface area contributed by atoms with E-state index in [9.17, 15) is 4.79 Å². The molecule has 2 N–H and O–H groups in total. The van der Waals surface area contributed by atoms with Gasteiger partial charge in [0.1, 0.15) is 11.5 Å². The number of anilines is 1. The van der Waals surface area contributed by atoms with E-state index in [0.29, 0.717) is 36.1 Å². The number of aromatic amines is 1. The molecule has 2 aromatic carbocycles. The Morgan fingerprint density at radius 1 is 1.12 bits per heavy atom. The number of para-hydroxylation sites is 2. The van der Waals surface area contributed by atoms with Crippen LogP contribution in [0.5, 0.6) is 11.5 Å². The summed E-state index contributed by atoms with van der Waals surface area (Å²) in [6.07, 6.45) is 0. The van der Waals surface area contributed by atoms with Crippen molar-refractivity contribution in [3.63, 3.8) is 0 Å². The third kappa shape index (κ3) is 5.99. The minimum absolute atomic E-state index is 0.128. The average Bonchev–Trinajstić information content (AvgIpc) is 2.77. The Bertz CT molecular complexity index is 1130. The third-order valence-electron chi connectivity index (χ3n) is 5.02. The van der Waals surface area contributed by atoms with Gasteiger partial charge in [0.25, 0.3) is 5.56 Å². The largest absolute Gasteiger partial charge is 0.495 e. The van der Waals surface area contributed by atoms with Gasteiger partial charge in [0.15, 0.2) is 5.11 Å². The molecule has 0 saturated carbocycles. The van der Waals surface area contributed by atoms with Gasteiger partial charge < -0.3 is 29.6 Å². The molecule has 1 heterocycles. The van der Waals surface area contributed by atoms with Crippen LogP contribution in [0.15, 0.2) is 53.3 Å². The number of H-pyrrole nitrogens is 1. The summed E-state index contributed by atoms with van der Waals surface area (Å²) in [5.41, 5.74) is 2.06. The molecule has 170 valence electrons. The highest BCUT2D eigenvalue weighted by atomic mass is 32.1. The first kappa shape index (κ1) is 23.6. The summed E-state index contributed by atoms with van der Waals surface area (Å²) in [5.74, 6) is 1.48. The summed E-state index contributed by atoms with van der Waals surface area (Å²) >= 11 is 5.72. The van der Waals surface area contributed by atoms with Gasteiger partial charge in [-0.1, -0.05) is 12.1 Å². The molecule has 0 atom stereocenters. The number of aromatic nitrogens is 1. The average molecular weight is 455 g/mol. The maximum Gasteiger partial charge on any atom is 0.253 e. The Morgan fingerprint density at radius 3 is 2.62 bits per heavy atom. The number of nitrogens with zero attached hydrogens (tertiary/aromatic N) is 2. The zero-order valence-corrected chi connectivity index (χ0v) is 19.8. The molecular formula is C24H30N4O3S. The molecule has 0 saturated heterocycles. The molecule has 0 unspecified atom stereocenters. The Hall–Kier alpha value is -3.10. The Balaban J connectivity index is 1.88. The lowest BCUT2D eigenvalue weighted by Gasteiger charge is -2.27. The summed E-state index contributed by atoms with van der Waals surface area (Å²) in [6, 6.07) is 15.2. The summed E-state index contributed by atoms with van der Waals surface area (Å²) in [6.45, 7) is 4.35. The van der Waals surface area contributed by atoms with Gasteiger partial charge in [0, 0.05) is 29.6 Å². The van der Waals surface area contributed by atoms with Gasteiger partial charge in [-0.3, -0.25) is 4.79 Å². The quantitative estimate of drug-likeness (QED) is 0.478. The van der Waals surface area contributed by atoms with E-state index < -0.39 is 0 Å². The second kappa shape index (κ2) is 11.0. The molecule has 7 nitrogen and oxygen atoms in total. The number of hydrogen-bond acceptors (Lipinski definition) is 5. The number of thiocarbonyl (C=S) groups is 1. The number of ether oxygens (including phenoxy) is 2. The van der Waals surface area contributed by atoms with Crippen LogP contribution in [0, 0.1) is 0 Å². The van der Waals surface area contributed by atoms with Crippen molar-refractivity contribution >= 4 is 33.9 Å². The van der Waals surface area contributed by atoms with Crippen molar-refractivity contribution in [3.05, 3.63) is 64.4 Å². The van der Waals surface area contributed by atoms with E-state index in [1.54, 1.807) is 7.11 Å². The normalized spacial score (nSPS) is 10.9. The van der Waals surface area contributed by atoms with Crippen molar-refractivity contribution in [3.8, 4) is 11.5 Å². The van der Waals surface area contributed by atoms with E-state index in [1.165, 1.54) is 0 Å². The van der Waals surface area contributed by atoms with E-state index >= 15 is 0 Å². The lowest BCUT2D eigenvalue weighted by atomic mass is 10.1. The summed E-state index contributed by atoms with van der Waals surface area (Å²) in [4.78, 5) is 19.8. The fourth-order valence-electron chi connectivity index (χ4n) is 3.32. The second-order valence-corrected chi connectivity index (χ2v) is 8.05. The van der Waals surface area contributed by atoms with Crippen LogP contribution in [0.2, 0.25) is 0 Å². The van der Waals surface area contributed by atoms with E-state index in [2.05, 4.69) is 15.2 Å². The van der Waals surface area contributed by atoms with Crippen molar-refractivity contribution in [1.29, 1.82) is 0 Å². The third-order valence-corrected chi connectivity index (χ3v) is 5.38. The molecule has 1 aromatic heterocycles. The number of methoxy groups -OCH3 is 1. The predicted octanol–water partition coefficient (Wildman–Crippen LogP) is 3.70. The van der Waals surface area contributed by atoms with Gasteiger partial charge in [-0.05, 0) is 69.6 Å². The first-order valence-electron chi connectivity index (χ1n) is 10.5. The fourth-order valence-corrected chi connectivity index (χ4v) is 3.59. The van der Waals surface area contributed by atoms with E-state index in [1.807, 2.05) is 74.4 Å². The molecule has 32 heavy (non-hydrogen) atoms. The maximum atomic E-state index is 12.8. The zero-order chi connectivity index (χ0) is 23.1. The van der Waals surface area contributed by atoms with Crippen LogP contribution < -0.4 is 20.3 Å². The van der Waals surface area contributed by atoms with Crippen molar-refractivity contribution < 1.29 is 9.47 Å². The predicted molar refractivity (Wildman–Crippen MR) is 134 cm³/mol. The van der Waals surface area contributed by atoms with E-state index in [-0.39, 0.29) is 5.56 Å². The smallest absolute Gasteiger partial charge is 0.253 e. The number of likely N-dealkylation sites (N-methyl/N-ethyl adjacent to an activating group) is 1. The summed E-state index contributed by atoms with van der Waals surface area (Å²) in [7, 11) is 5.64. The molecule has 3 aromatic rings. The molecule has 0 aliphatic rings. The van der Waals surface area contributed by atoms with Gasteiger partial charge in [0.2, 0.25) is 0 Å². The van der Waals surface area contributed by atoms with Gasteiger partial charge in [-0.2, -0.15) is 0 Å². The summed E-state index contributed by atoms with van der Waals surface area (Å²) in [5, 5.41) is 4.71. The molecular weight excluding hydrogens is 424 g/mol. The zero-order valence-electron chi connectivity index (χ0n) is 19.0. The number of fused-ring (bicyclic) bond motifs is 1. The minimum Gasteiger partial charge on any atom is -0.495 e. The van der Waals surface area contributed by atoms with Crippen molar-refractivity contribution in [2.75, 3.05) is 46.2 Å². The molecule has 0 fully saturated rings. The van der Waals surface area contributed by atoms with Gasteiger partial charge in [-0.15, -0.1) is 0 Å². The molecule has 0 aliphatic heterocycles. The molecule has 0 amide bonds. The molecule has 0 bridgehead atoms. The first-order valence-corrected chi connectivity index (χ1v) is 10.9. The molecule has 0 spiro atoms. The highest BCUT2D eigenvalue weighted by Gasteiger charge is 2.15. The molecule has 0 aliphatic carbocycles. The van der Waals surface area contributed by atoms with Crippen molar-refractivity contribution in [2.24, 2.45) is 0 Å². The van der Waals surface area contributed by atoms with Crippen LogP contribution >= 0.6 is 12.2 Å². The topological polar surface area (TPSA) is 69.8 Å². The molecule has 0 radical (unpaired) electrons. The molecule has 3 rings (SSSR count). The van der Waals surface area contributed by atoms with Crippen molar-refractivity contribution in [2.45, 2.75) is 13.5 Å². The number of pyridine rings is 1. The number of benzene rings is 2. The highest BCUT2D eigenvalue weighted by Crippen LogP contribution is 2.24. The SMILES string of the molecule is CCOc1ccc2[nH]c(=O)c(CN(CCN(C)C)C(=S)Nc3ccccc3OC)cc2c1. The summed E-state index contributed by atoms with van der Waals surface area (Å²) < 4.78 is 11.0. The first-order chi connectivity index (χ1) is 15.4. The molecule has 8 heteroatoms. The Morgan fingerprint density at radius 2 is 1.91 bits per heavy atom. The fraction of sp³-hybridized carbons (Fsp3) is 0.333. The van der Waals surface area contributed by atoms with Crippen LogP contribution in [-0.2, 0) is 6.54 Å². The van der Waals surface area contributed by atoms with Gasteiger partial charge >= 0.3 is 0 Å².